The van der Waals surface area contributed by atoms with Gasteiger partial charge in [-0.1, -0.05) is 25.1 Å². The Hall–Kier alpha value is -2.31. The maximum atomic E-state index is 5.51. The molecule has 1 saturated heterocycles. The van der Waals surface area contributed by atoms with Crippen LogP contribution in [0, 0.1) is 6.92 Å². The van der Waals surface area contributed by atoms with Crippen molar-refractivity contribution in [2.45, 2.75) is 33.2 Å². The average Bonchev–Trinajstić information content (AvgIpc) is 3.26. The van der Waals surface area contributed by atoms with Crippen LogP contribution in [0.5, 0.6) is 0 Å². The van der Waals surface area contributed by atoms with E-state index in [4.69, 9.17) is 4.74 Å². The summed E-state index contributed by atoms with van der Waals surface area (Å²) in [7, 11) is 2.04. The zero-order chi connectivity index (χ0) is 19.5. The van der Waals surface area contributed by atoms with Gasteiger partial charge in [-0.15, -0.1) is 0 Å². The van der Waals surface area contributed by atoms with Crippen LogP contribution >= 0.6 is 0 Å². The van der Waals surface area contributed by atoms with E-state index in [0.29, 0.717) is 0 Å². The summed E-state index contributed by atoms with van der Waals surface area (Å²) < 4.78 is 7.53. The molecule has 0 radical (unpaired) electrons. The normalized spacial score (nSPS) is 14.9. The van der Waals surface area contributed by atoms with E-state index in [9.17, 15) is 0 Å². The first-order valence-corrected chi connectivity index (χ1v) is 10.3. The first-order chi connectivity index (χ1) is 13.7. The Morgan fingerprint density at radius 3 is 2.82 bits per heavy atom. The van der Waals surface area contributed by atoms with Crippen LogP contribution < -0.4 is 10.2 Å². The molecule has 2 aromatic heterocycles. The summed E-state index contributed by atoms with van der Waals surface area (Å²) >= 11 is 0. The summed E-state index contributed by atoms with van der Waals surface area (Å²) in [5.41, 5.74) is 6.47. The fourth-order valence-corrected chi connectivity index (χ4v) is 4.28. The summed E-state index contributed by atoms with van der Waals surface area (Å²) in [6.45, 7) is 9.54. The number of nitrogens with one attached hydrogen (secondary N) is 2. The molecule has 0 aliphatic carbocycles. The quantitative estimate of drug-likeness (QED) is 0.618. The van der Waals surface area contributed by atoms with E-state index in [1.165, 1.54) is 33.4 Å². The number of aromatic amines is 1. The number of aryl methyl sites for hydroxylation is 3. The smallest absolute Gasteiger partial charge is 0.131 e. The first kappa shape index (κ1) is 19.0. The van der Waals surface area contributed by atoms with Crippen molar-refractivity contribution in [3.8, 4) is 0 Å². The van der Waals surface area contributed by atoms with Crippen LogP contribution in [0.1, 0.15) is 29.3 Å². The number of morpholine rings is 1. The van der Waals surface area contributed by atoms with Crippen LogP contribution in [-0.2, 0) is 31.2 Å². The molecule has 0 spiro atoms. The molecule has 1 aromatic carbocycles. The number of anilines is 1. The Morgan fingerprint density at radius 1 is 1.21 bits per heavy atom. The summed E-state index contributed by atoms with van der Waals surface area (Å²) in [5.74, 6) is 1.23. The minimum absolute atomic E-state index is 0.789. The molecule has 3 aromatic rings. The molecule has 0 amide bonds. The van der Waals surface area contributed by atoms with Crippen LogP contribution in [0.25, 0.3) is 10.9 Å². The third-order valence-electron chi connectivity index (χ3n) is 5.77. The van der Waals surface area contributed by atoms with Crippen molar-refractivity contribution in [1.82, 2.24) is 20.1 Å². The second-order valence-corrected chi connectivity index (χ2v) is 7.54. The fourth-order valence-electron chi connectivity index (χ4n) is 4.28. The number of para-hydroxylation sites is 1. The van der Waals surface area contributed by atoms with Gasteiger partial charge in [0.15, 0.2) is 0 Å². The molecule has 0 unspecified atom stereocenters. The number of hydrogen-bond donors (Lipinski definition) is 2. The van der Waals surface area contributed by atoms with Gasteiger partial charge in [-0.3, -0.25) is 4.68 Å². The Labute approximate surface area is 166 Å². The molecule has 0 saturated carbocycles. The standard InChI is InChI=1S/C22H31N5O/c1-4-17-6-5-7-19-18(14-24-21(17)19)8-9-23-15-20-16(2)25-26(3)22(20)27-10-12-28-13-11-27/h5-7,14,23-24H,4,8-13,15H2,1-3H3. The largest absolute Gasteiger partial charge is 0.378 e. The van der Waals surface area contributed by atoms with Crippen molar-refractivity contribution in [3.63, 3.8) is 0 Å². The molecule has 4 rings (SSSR count). The monoisotopic (exact) mass is 381 g/mol. The van der Waals surface area contributed by atoms with Crippen LogP contribution in [-0.4, -0.2) is 47.6 Å². The molecule has 2 N–H and O–H groups in total. The third-order valence-corrected chi connectivity index (χ3v) is 5.77. The Kier molecular flexibility index (Phi) is 5.69. The summed E-state index contributed by atoms with van der Waals surface area (Å²) in [6.07, 6.45) is 4.24. The highest BCUT2D eigenvalue weighted by Gasteiger charge is 2.21. The van der Waals surface area contributed by atoms with E-state index >= 15 is 0 Å². The number of nitrogens with zero attached hydrogens (tertiary/aromatic N) is 3. The van der Waals surface area contributed by atoms with Crippen LogP contribution in [0.4, 0.5) is 5.82 Å². The number of ether oxygens (including phenoxy) is 1. The number of hydrogen-bond acceptors (Lipinski definition) is 4. The zero-order valence-electron chi connectivity index (χ0n) is 17.2. The fraction of sp³-hybridized carbons (Fsp3) is 0.500. The molecule has 6 heteroatoms. The maximum Gasteiger partial charge on any atom is 0.131 e. The van der Waals surface area contributed by atoms with Gasteiger partial charge in [-0.25, -0.2) is 0 Å². The molecule has 1 aliphatic heterocycles. The van der Waals surface area contributed by atoms with Gasteiger partial charge in [0.2, 0.25) is 0 Å². The third kappa shape index (κ3) is 3.66. The Morgan fingerprint density at radius 2 is 2.04 bits per heavy atom. The number of aromatic nitrogens is 3. The topological polar surface area (TPSA) is 58.1 Å². The minimum Gasteiger partial charge on any atom is -0.378 e. The molecule has 0 atom stereocenters. The molecule has 28 heavy (non-hydrogen) atoms. The summed E-state index contributed by atoms with van der Waals surface area (Å²) in [5, 5.41) is 9.66. The lowest BCUT2D eigenvalue weighted by molar-refractivity contribution is 0.122. The predicted molar refractivity (Wildman–Crippen MR) is 114 cm³/mol. The van der Waals surface area contributed by atoms with Gasteiger partial charge >= 0.3 is 0 Å². The van der Waals surface area contributed by atoms with Crippen molar-refractivity contribution >= 4 is 16.7 Å². The highest BCUT2D eigenvalue weighted by Crippen LogP contribution is 2.25. The second-order valence-electron chi connectivity index (χ2n) is 7.54. The highest BCUT2D eigenvalue weighted by molar-refractivity contribution is 5.86. The Bertz CT molecular complexity index is 936. The SMILES string of the molecule is CCc1cccc2c(CCNCc3c(C)nn(C)c3N3CCOCC3)c[nH]c12. The van der Waals surface area contributed by atoms with Crippen LogP contribution in [0.2, 0.25) is 0 Å². The van der Waals surface area contributed by atoms with Crippen molar-refractivity contribution in [2.75, 3.05) is 37.7 Å². The van der Waals surface area contributed by atoms with Gasteiger partial charge in [0, 0.05) is 49.3 Å². The highest BCUT2D eigenvalue weighted by atomic mass is 16.5. The van der Waals surface area contributed by atoms with Crippen molar-refractivity contribution in [1.29, 1.82) is 0 Å². The van der Waals surface area contributed by atoms with Crippen molar-refractivity contribution in [3.05, 3.63) is 46.8 Å². The van der Waals surface area contributed by atoms with Crippen LogP contribution in [0.3, 0.4) is 0 Å². The lowest BCUT2D eigenvalue weighted by Gasteiger charge is -2.29. The Balaban J connectivity index is 1.41. The van der Waals surface area contributed by atoms with E-state index in [-0.39, 0.29) is 0 Å². The molecule has 150 valence electrons. The number of H-pyrrole nitrogens is 1. The molecule has 6 nitrogen and oxygen atoms in total. The molecule has 3 heterocycles. The number of rotatable bonds is 7. The van der Waals surface area contributed by atoms with Crippen LogP contribution in [0.15, 0.2) is 24.4 Å². The summed E-state index contributed by atoms with van der Waals surface area (Å²) in [4.78, 5) is 5.87. The number of fused-ring (bicyclic) bond motifs is 1. The van der Waals surface area contributed by atoms with E-state index in [0.717, 1.165) is 57.9 Å². The lowest BCUT2D eigenvalue weighted by Crippen LogP contribution is -2.38. The number of benzene rings is 1. The predicted octanol–water partition coefficient (Wildman–Crippen LogP) is 2.94. The van der Waals surface area contributed by atoms with Crippen molar-refractivity contribution < 1.29 is 4.74 Å². The van der Waals surface area contributed by atoms with E-state index in [1.54, 1.807) is 0 Å². The molecular formula is C22H31N5O. The molecule has 1 fully saturated rings. The van der Waals surface area contributed by atoms with Gasteiger partial charge in [0.05, 0.1) is 18.9 Å². The minimum atomic E-state index is 0.789. The molecule has 1 aliphatic rings. The van der Waals surface area contributed by atoms with E-state index in [1.807, 2.05) is 11.7 Å². The summed E-state index contributed by atoms with van der Waals surface area (Å²) in [6, 6.07) is 6.60. The lowest BCUT2D eigenvalue weighted by atomic mass is 10.1. The second kappa shape index (κ2) is 8.37. The molecular weight excluding hydrogens is 350 g/mol. The van der Waals surface area contributed by atoms with Gasteiger partial charge in [0.1, 0.15) is 5.82 Å². The van der Waals surface area contributed by atoms with Crippen molar-refractivity contribution in [2.24, 2.45) is 7.05 Å². The first-order valence-electron chi connectivity index (χ1n) is 10.3. The van der Waals surface area contributed by atoms with Gasteiger partial charge in [-0.05, 0) is 37.4 Å². The van der Waals surface area contributed by atoms with E-state index in [2.05, 4.69) is 58.5 Å². The van der Waals surface area contributed by atoms with Gasteiger partial charge in [-0.2, -0.15) is 5.10 Å². The van der Waals surface area contributed by atoms with Gasteiger partial charge in [0.25, 0.3) is 0 Å². The van der Waals surface area contributed by atoms with E-state index < -0.39 is 0 Å². The average molecular weight is 382 g/mol. The molecule has 0 bridgehead atoms. The maximum absolute atomic E-state index is 5.51. The zero-order valence-corrected chi connectivity index (χ0v) is 17.2. The van der Waals surface area contributed by atoms with Gasteiger partial charge < -0.3 is 19.9 Å².